The Balaban J connectivity index is 2.03. The maximum absolute atomic E-state index is 13.1. The first-order valence-corrected chi connectivity index (χ1v) is 21.3. The number of carboxylic acid groups (broad SMARTS) is 7. The number of nitrogens with zero attached hydrogens (tertiary/aromatic N) is 3. The van der Waals surface area contributed by atoms with Crippen LogP contribution < -0.4 is 5.32 Å². The molecule has 9 atom stereocenters. The molecule has 18 nitrogen and oxygen atoms in total. The number of aliphatic imine (C=N–C) groups is 3. The second kappa shape index (κ2) is 17.1. The number of hydrogen-bond donors (Lipinski definition) is 8. The number of allylic oxidation sites excluding steroid dienone is 6. The molecule has 8 N–H and O–H groups in total. The molecule has 0 radical (unpaired) electrons. The van der Waals surface area contributed by atoms with Crippen molar-refractivity contribution in [3.63, 3.8) is 0 Å². The lowest BCUT2D eigenvalue weighted by Crippen LogP contribution is -2.55. The molecular weight excluding hydrogens is 821 g/mol. The van der Waals surface area contributed by atoms with Gasteiger partial charge in [0.25, 0.3) is 0 Å². The highest BCUT2D eigenvalue weighted by atomic mass is 16.4. The molecule has 0 spiro atoms. The molecule has 5 aliphatic heterocycles. The predicted molar refractivity (Wildman–Crippen MR) is 227 cm³/mol. The van der Waals surface area contributed by atoms with E-state index in [1.165, 1.54) is 0 Å². The zero-order valence-electron chi connectivity index (χ0n) is 37.1. The summed E-state index contributed by atoms with van der Waals surface area (Å²) in [5, 5.41) is 75.1. The van der Waals surface area contributed by atoms with Crippen molar-refractivity contribution in [1.29, 1.82) is 0 Å². The summed E-state index contributed by atoms with van der Waals surface area (Å²) in [7, 11) is 0. The van der Waals surface area contributed by atoms with Crippen LogP contribution in [-0.2, 0) is 33.6 Å². The molecule has 0 aromatic heterocycles. The summed E-state index contributed by atoms with van der Waals surface area (Å²) in [4.78, 5) is 104. The topological polar surface area (TPSA) is 310 Å². The van der Waals surface area contributed by atoms with Crippen molar-refractivity contribution < 1.29 is 69.3 Å². The lowest BCUT2D eigenvalue weighted by molar-refractivity contribution is -0.143. The van der Waals surface area contributed by atoms with Crippen molar-refractivity contribution >= 4 is 58.9 Å². The van der Waals surface area contributed by atoms with Crippen LogP contribution in [0.1, 0.15) is 126 Å². The molecule has 1 saturated heterocycles. The Morgan fingerprint density at radius 2 is 1.16 bits per heavy atom. The Kier molecular flexibility index (Phi) is 13.1. The largest absolute Gasteiger partial charge is 0.481 e. The number of rotatable bonds is 18. The van der Waals surface area contributed by atoms with Gasteiger partial charge < -0.3 is 41.1 Å². The molecule has 63 heavy (non-hydrogen) atoms. The van der Waals surface area contributed by atoms with Crippen LogP contribution in [0.15, 0.2) is 49.3 Å². The van der Waals surface area contributed by atoms with E-state index >= 15 is 0 Å². The van der Waals surface area contributed by atoms with Crippen molar-refractivity contribution in [2.75, 3.05) is 0 Å². The van der Waals surface area contributed by atoms with Gasteiger partial charge >= 0.3 is 41.8 Å². The fourth-order valence-electron chi connectivity index (χ4n) is 11.8. The quantitative estimate of drug-likeness (QED) is 0.0792. The van der Waals surface area contributed by atoms with Crippen LogP contribution in [0.2, 0.25) is 0 Å². The van der Waals surface area contributed by atoms with Crippen LogP contribution in [0.5, 0.6) is 0 Å². The fourth-order valence-corrected chi connectivity index (χ4v) is 11.8. The maximum atomic E-state index is 13.1. The van der Waals surface area contributed by atoms with Crippen molar-refractivity contribution in [3.8, 4) is 0 Å². The molecule has 8 bridgehead atoms. The van der Waals surface area contributed by atoms with Gasteiger partial charge in [-0.05, 0) is 63.7 Å². The second-order valence-electron chi connectivity index (χ2n) is 19.5. The van der Waals surface area contributed by atoms with Crippen LogP contribution in [0, 0.1) is 45.3 Å². The van der Waals surface area contributed by atoms with E-state index in [1.54, 1.807) is 47.6 Å². The van der Waals surface area contributed by atoms with E-state index in [9.17, 15) is 69.3 Å². The summed E-state index contributed by atoms with van der Waals surface area (Å²) in [5.74, 6) is -11.5. The zero-order chi connectivity index (χ0) is 47.4. The molecule has 1 fully saturated rings. The van der Waals surface area contributed by atoms with Gasteiger partial charge in [-0.2, -0.15) is 0 Å². The second-order valence-corrected chi connectivity index (χ2v) is 19.5. The lowest BCUT2D eigenvalue weighted by atomic mass is 9.55. The first-order chi connectivity index (χ1) is 29.0. The summed E-state index contributed by atoms with van der Waals surface area (Å²) in [6.45, 7) is 13.9. The van der Waals surface area contributed by atoms with E-state index in [0.29, 0.717) is 39.7 Å². The summed E-state index contributed by atoms with van der Waals surface area (Å²) in [5.41, 5.74) is -3.60. The van der Waals surface area contributed by atoms with Crippen LogP contribution >= 0.6 is 0 Å². The standard InChI is InChI=1S/C45H60N4O14/c1-21-36-24(10-13-30(52)53)41(3,4)28(47-36)18-27-23(9-12-29(50)51)43(6,19-34(60)61)39(46-27)22(2)37-25(11-14-31(54)55)44(7,20-35(62)63)45(8,49-37)40-26(17-33(58)59)42(5,38(21)48-40)16-15-32(56)57/h18,23-26,40,46H,9-17,19-20H2,1-8H3,(H,50,51)(H,52,53)(H,54,55)(H,56,57)(H,58,59)(H,60,61)(H,62,63)/b27-18?,36-21?,39-22-/t23-,24-,25-,26+,40?,42-,43+,44+,45-/m1/s1. The van der Waals surface area contributed by atoms with Crippen molar-refractivity contribution in [3.05, 3.63) is 34.3 Å². The van der Waals surface area contributed by atoms with Crippen LogP contribution in [0.4, 0.5) is 0 Å². The van der Waals surface area contributed by atoms with Crippen LogP contribution in [0.25, 0.3) is 0 Å². The average Bonchev–Trinajstić information content (AvgIpc) is 3.75. The van der Waals surface area contributed by atoms with E-state index < -0.39 is 131 Å². The number of aliphatic carboxylic acids is 7. The van der Waals surface area contributed by atoms with E-state index in [0.717, 1.165) is 0 Å². The molecule has 5 aliphatic rings. The van der Waals surface area contributed by atoms with Gasteiger partial charge in [-0.1, -0.05) is 34.6 Å². The molecule has 0 aromatic carbocycles. The van der Waals surface area contributed by atoms with E-state index in [4.69, 9.17) is 15.0 Å². The Morgan fingerprint density at radius 3 is 1.67 bits per heavy atom. The SMILES string of the molecule is CC1=C2N=C(C=C3N/C(=C(/C)C4=N[C@](C)(C5N=C1[C@](C)(CCC(=O)O)[C@H]5CC(=O)O)[C@@](C)(CC(=O)O)[C@@H]4CCC(=O)O)[C@@](C)(CC(=O)O)[C@@H]3CCC(=O)O)C(C)(C)[C@@H]2CCC(=O)O. The Bertz CT molecular complexity index is 2220. The molecule has 5 rings (SSSR count). The monoisotopic (exact) mass is 880 g/mol. The Morgan fingerprint density at radius 1 is 0.635 bits per heavy atom. The van der Waals surface area contributed by atoms with E-state index in [2.05, 4.69) is 5.32 Å². The fraction of sp³-hybridized carbons (Fsp3) is 0.644. The van der Waals surface area contributed by atoms with Gasteiger partial charge in [-0.25, -0.2) is 0 Å². The lowest BCUT2D eigenvalue weighted by Gasteiger charge is -2.48. The molecule has 18 heteroatoms. The Hall–Kier alpha value is -5.68. The van der Waals surface area contributed by atoms with E-state index in [1.807, 2.05) is 13.8 Å². The molecule has 0 aliphatic carbocycles. The van der Waals surface area contributed by atoms with Gasteiger partial charge in [-0.3, -0.25) is 48.5 Å². The average molecular weight is 881 g/mol. The Labute approximate surface area is 365 Å². The molecular formula is C45H60N4O14. The van der Waals surface area contributed by atoms with Crippen molar-refractivity contribution in [2.45, 2.75) is 138 Å². The summed E-state index contributed by atoms with van der Waals surface area (Å²) >= 11 is 0. The van der Waals surface area contributed by atoms with Crippen LogP contribution in [-0.4, -0.2) is 106 Å². The van der Waals surface area contributed by atoms with Gasteiger partial charge in [0.15, 0.2) is 0 Å². The van der Waals surface area contributed by atoms with Crippen molar-refractivity contribution in [2.24, 2.45) is 60.3 Å². The first-order valence-electron chi connectivity index (χ1n) is 21.3. The minimum Gasteiger partial charge on any atom is -0.481 e. The highest BCUT2D eigenvalue weighted by Crippen LogP contribution is 2.62. The summed E-state index contributed by atoms with van der Waals surface area (Å²) < 4.78 is 0. The van der Waals surface area contributed by atoms with Crippen LogP contribution in [0.3, 0.4) is 0 Å². The highest BCUT2D eigenvalue weighted by molar-refractivity contribution is 6.10. The third kappa shape index (κ3) is 8.56. The maximum Gasteiger partial charge on any atom is 0.304 e. The van der Waals surface area contributed by atoms with Gasteiger partial charge in [-0.15, -0.1) is 0 Å². The first kappa shape index (κ1) is 48.4. The zero-order valence-corrected chi connectivity index (χ0v) is 37.1. The number of nitrogens with one attached hydrogen (secondary N) is 1. The number of fused-ring (bicyclic) bond motifs is 6. The normalized spacial score (nSPS) is 34.2. The number of carbonyl (C=O) groups is 7. The highest BCUT2D eigenvalue weighted by Gasteiger charge is 2.66. The van der Waals surface area contributed by atoms with E-state index in [-0.39, 0.29) is 44.2 Å². The number of hydrogen-bond acceptors (Lipinski definition) is 11. The summed E-state index contributed by atoms with van der Waals surface area (Å²) in [6.07, 6.45) is -1.45. The smallest absolute Gasteiger partial charge is 0.304 e. The molecule has 344 valence electrons. The third-order valence-corrected chi connectivity index (χ3v) is 15.3. The molecule has 0 aromatic rings. The molecule has 5 heterocycles. The molecule has 0 saturated carbocycles. The van der Waals surface area contributed by atoms with Gasteiger partial charge in [0.1, 0.15) is 0 Å². The minimum atomic E-state index is -1.63. The summed E-state index contributed by atoms with van der Waals surface area (Å²) in [6, 6.07) is -1.15. The predicted octanol–water partition coefficient (Wildman–Crippen LogP) is 5.92. The minimum absolute atomic E-state index is 0.0202. The third-order valence-electron chi connectivity index (χ3n) is 15.3. The number of carboxylic acids is 7. The molecule has 0 amide bonds. The van der Waals surface area contributed by atoms with Gasteiger partial charge in [0, 0.05) is 105 Å². The molecule has 1 unspecified atom stereocenters. The van der Waals surface area contributed by atoms with Gasteiger partial charge in [0.05, 0.1) is 30.8 Å². The van der Waals surface area contributed by atoms with Crippen molar-refractivity contribution in [1.82, 2.24) is 5.32 Å². The van der Waals surface area contributed by atoms with Gasteiger partial charge in [0.2, 0.25) is 0 Å².